The Kier molecular flexibility index (Phi) is 6.45. The van der Waals surface area contributed by atoms with E-state index in [4.69, 9.17) is 0 Å². The molecule has 1 N–H and O–H groups in total. The van der Waals surface area contributed by atoms with Gasteiger partial charge in [0.1, 0.15) is 0 Å². The highest BCUT2D eigenvalue weighted by molar-refractivity contribution is 4.63. The van der Waals surface area contributed by atoms with Gasteiger partial charge in [-0.2, -0.15) is 0 Å². The van der Waals surface area contributed by atoms with Crippen LogP contribution in [0, 0.1) is 11.8 Å². The van der Waals surface area contributed by atoms with E-state index >= 15 is 0 Å². The van der Waals surface area contributed by atoms with Crippen molar-refractivity contribution in [3.05, 3.63) is 0 Å². The van der Waals surface area contributed by atoms with Crippen molar-refractivity contribution in [3.8, 4) is 0 Å². The SMILES string of the molecule is CCCC(C)CC(O)CC(C)C. The van der Waals surface area contributed by atoms with Gasteiger partial charge in [-0.25, -0.2) is 0 Å². The lowest BCUT2D eigenvalue weighted by Crippen LogP contribution is -2.14. The zero-order chi connectivity index (χ0) is 9.56. The lowest BCUT2D eigenvalue weighted by atomic mass is 9.94. The molecule has 1 heteroatoms. The molecule has 1 nitrogen and oxygen atoms in total. The molecule has 0 bridgehead atoms. The van der Waals surface area contributed by atoms with Gasteiger partial charge >= 0.3 is 0 Å². The Morgan fingerprint density at radius 2 is 1.67 bits per heavy atom. The Morgan fingerprint density at radius 3 is 2.08 bits per heavy atom. The quantitative estimate of drug-likeness (QED) is 0.652. The molecule has 0 heterocycles. The molecule has 0 aromatic rings. The van der Waals surface area contributed by atoms with Crippen LogP contribution in [-0.4, -0.2) is 11.2 Å². The van der Waals surface area contributed by atoms with Gasteiger partial charge in [0.15, 0.2) is 0 Å². The van der Waals surface area contributed by atoms with Gasteiger partial charge in [0, 0.05) is 0 Å². The molecule has 0 aromatic heterocycles. The fourth-order valence-corrected chi connectivity index (χ4v) is 1.72. The van der Waals surface area contributed by atoms with Gasteiger partial charge in [0.25, 0.3) is 0 Å². The van der Waals surface area contributed by atoms with Gasteiger partial charge in [-0.1, -0.05) is 40.5 Å². The largest absolute Gasteiger partial charge is 0.393 e. The molecule has 0 spiro atoms. The standard InChI is InChI=1S/C11H24O/c1-5-6-10(4)8-11(12)7-9(2)3/h9-12H,5-8H2,1-4H3. The van der Waals surface area contributed by atoms with Crippen molar-refractivity contribution >= 4 is 0 Å². The highest BCUT2D eigenvalue weighted by atomic mass is 16.3. The van der Waals surface area contributed by atoms with Crippen LogP contribution in [-0.2, 0) is 0 Å². The van der Waals surface area contributed by atoms with Crippen LogP contribution in [0.15, 0.2) is 0 Å². The highest BCUT2D eigenvalue weighted by Gasteiger charge is 2.10. The van der Waals surface area contributed by atoms with Crippen LogP contribution in [0.5, 0.6) is 0 Å². The van der Waals surface area contributed by atoms with Crippen LogP contribution >= 0.6 is 0 Å². The summed E-state index contributed by atoms with van der Waals surface area (Å²) in [4.78, 5) is 0. The Hall–Kier alpha value is -0.0400. The predicted octanol–water partition coefficient (Wildman–Crippen LogP) is 3.22. The molecule has 2 unspecified atom stereocenters. The second-order valence-corrected chi connectivity index (χ2v) is 4.41. The van der Waals surface area contributed by atoms with E-state index in [0.717, 1.165) is 12.8 Å². The van der Waals surface area contributed by atoms with Crippen LogP contribution in [0.3, 0.4) is 0 Å². The third kappa shape index (κ3) is 6.66. The molecule has 0 aliphatic rings. The van der Waals surface area contributed by atoms with Crippen molar-refractivity contribution in [3.63, 3.8) is 0 Å². The maximum atomic E-state index is 9.62. The van der Waals surface area contributed by atoms with E-state index in [1.54, 1.807) is 0 Å². The van der Waals surface area contributed by atoms with Crippen LogP contribution in [0.25, 0.3) is 0 Å². The van der Waals surface area contributed by atoms with Gasteiger partial charge in [0.05, 0.1) is 6.10 Å². The number of hydrogen-bond acceptors (Lipinski definition) is 1. The Balaban J connectivity index is 3.46. The molecule has 74 valence electrons. The first-order valence-electron chi connectivity index (χ1n) is 5.24. The molecule has 0 fully saturated rings. The predicted molar refractivity (Wildman–Crippen MR) is 54.2 cm³/mol. The lowest BCUT2D eigenvalue weighted by molar-refractivity contribution is 0.120. The average molecular weight is 172 g/mol. The Labute approximate surface area is 77.2 Å². The van der Waals surface area contributed by atoms with Crippen LogP contribution in [0.2, 0.25) is 0 Å². The smallest absolute Gasteiger partial charge is 0.0545 e. The van der Waals surface area contributed by atoms with Crippen molar-refractivity contribution in [1.82, 2.24) is 0 Å². The summed E-state index contributed by atoms with van der Waals surface area (Å²) < 4.78 is 0. The van der Waals surface area contributed by atoms with Gasteiger partial charge in [-0.3, -0.25) is 0 Å². The molecule has 0 amide bonds. The van der Waals surface area contributed by atoms with Gasteiger partial charge in [-0.15, -0.1) is 0 Å². The fourth-order valence-electron chi connectivity index (χ4n) is 1.72. The summed E-state index contributed by atoms with van der Waals surface area (Å²) in [5.74, 6) is 1.30. The van der Waals surface area contributed by atoms with Crippen molar-refractivity contribution < 1.29 is 5.11 Å². The summed E-state index contributed by atoms with van der Waals surface area (Å²) in [6.45, 7) is 8.75. The molecule has 0 radical (unpaired) electrons. The lowest BCUT2D eigenvalue weighted by Gasteiger charge is -2.17. The van der Waals surface area contributed by atoms with Crippen molar-refractivity contribution in [1.29, 1.82) is 0 Å². The first kappa shape index (κ1) is 12.0. The summed E-state index contributed by atoms with van der Waals surface area (Å²) in [6.07, 6.45) is 4.33. The zero-order valence-corrected chi connectivity index (χ0v) is 9.01. The van der Waals surface area contributed by atoms with E-state index in [1.807, 2.05) is 0 Å². The minimum Gasteiger partial charge on any atom is -0.393 e. The average Bonchev–Trinajstić information content (AvgIpc) is 1.84. The molecular formula is C11H24O. The third-order valence-corrected chi connectivity index (χ3v) is 2.20. The molecular weight excluding hydrogens is 148 g/mol. The minimum atomic E-state index is -0.0773. The van der Waals surface area contributed by atoms with E-state index < -0.39 is 0 Å². The maximum Gasteiger partial charge on any atom is 0.0545 e. The molecule has 2 atom stereocenters. The van der Waals surface area contributed by atoms with Gasteiger partial charge in [0.2, 0.25) is 0 Å². The first-order valence-corrected chi connectivity index (χ1v) is 5.24. The van der Waals surface area contributed by atoms with Gasteiger partial charge < -0.3 is 5.11 Å². The van der Waals surface area contributed by atoms with E-state index in [1.165, 1.54) is 12.8 Å². The Morgan fingerprint density at radius 1 is 1.08 bits per heavy atom. The number of aliphatic hydroxyl groups is 1. The van der Waals surface area contributed by atoms with E-state index in [0.29, 0.717) is 11.8 Å². The van der Waals surface area contributed by atoms with E-state index in [2.05, 4.69) is 27.7 Å². The monoisotopic (exact) mass is 172 g/mol. The van der Waals surface area contributed by atoms with Crippen molar-refractivity contribution in [2.45, 2.75) is 59.5 Å². The number of hydrogen-bond donors (Lipinski definition) is 1. The summed E-state index contributed by atoms with van der Waals surface area (Å²) in [5, 5.41) is 9.62. The molecule has 0 aliphatic carbocycles. The number of aliphatic hydroxyl groups excluding tert-OH is 1. The van der Waals surface area contributed by atoms with Crippen LogP contribution in [0.4, 0.5) is 0 Å². The second-order valence-electron chi connectivity index (χ2n) is 4.41. The van der Waals surface area contributed by atoms with Crippen LogP contribution < -0.4 is 0 Å². The molecule has 0 aromatic carbocycles. The van der Waals surface area contributed by atoms with E-state index in [-0.39, 0.29) is 6.10 Å². The van der Waals surface area contributed by atoms with E-state index in [9.17, 15) is 5.11 Å². The molecule has 0 saturated heterocycles. The maximum absolute atomic E-state index is 9.62. The second kappa shape index (κ2) is 6.47. The molecule has 0 aliphatic heterocycles. The Bertz CT molecular complexity index is 99.2. The van der Waals surface area contributed by atoms with Crippen molar-refractivity contribution in [2.75, 3.05) is 0 Å². The summed E-state index contributed by atoms with van der Waals surface area (Å²) in [7, 11) is 0. The molecule has 0 saturated carbocycles. The summed E-state index contributed by atoms with van der Waals surface area (Å²) in [6, 6.07) is 0. The normalized spacial score (nSPS) is 16.5. The van der Waals surface area contributed by atoms with Crippen molar-refractivity contribution in [2.24, 2.45) is 11.8 Å². The minimum absolute atomic E-state index is 0.0773. The third-order valence-electron chi connectivity index (χ3n) is 2.20. The summed E-state index contributed by atoms with van der Waals surface area (Å²) in [5.41, 5.74) is 0. The zero-order valence-electron chi connectivity index (χ0n) is 9.01. The van der Waals surface area contributed by atoms with Gasteiger partial charge in [-0.05, 0) is 24.7 Å². The number of rotatable bonds is 6. The first-order chi connectivity index (χ1) is 5.56. The molecule has 12 heavy (non-hydrogen) atoms. The summed E-state index contributed by atoms with van der Waals surface area (Å²) >= 11 is 0. The highest BCUT2D eigenvalue weighted by Crippen LogP contribution is 2.16. The van der Waals surface area contributed by atoms with Crippen LogP contribution in [0.1, 0.15) is 53.4 Å². The topological polar surface area (TPSA) is 20.2 Å². The molecule has 0 rings (SSSR count). The fraction of sp³-hybridized carbons (Fsp3) is 1.00.